The van der Waals surface area contributed by atoms with Crippen LogP contribution in [0.5, 0.6) is 0 Å². The first kappa shape index (κ1) is 17.0. The molecule has 1 atom stereocenters. The van der Waals surface area contributed by atoms with Crippen molar-refractivity contribution in [2.75, 3.05) is 6.61 Å². The number of H-pyrrole nitrogens is 1. The first-order valence-corrected chi connectivity index (χ1v) is 7.64. The summed E-state index contributed by atoms with van der Waals surface area (Å²) in [7, 11) is 0. The van der Waals surface area contributed by atoms with Crippen molar-refractivity contribution in [3.63, 3.8) is 0 Å². The second kappa shape index (κ2) is 7.26. The maximum absolute atomic E-state index is 13.2. The van der Waals surface area contributed by atoms with Crippen LogP contribution in [-0.4, -0.2) is 29.5 Å². The summed E-state index contributed by atoms with van der Waals surface area (Å²) in [4.78, 5) is 27.1. The molecule has 5 nitrogen and oxygen atoms in total. The maximum atomic E-state index is 13.2. The van der Waals surface area contributed by atoms with Crippen LogP contribution in [0.15, 0.2) is 24.4 Å². The monoisotopic (exact) mass is 320 g/mol. The summed E-state index contributed by atoms with van der Waals surface area (Å²) in [6.45, 7) is 5.68. The molecule has 0 bridgehead atoms. The Labute approximate surface area is 134 Å². The van der Waals surface area contributed by atoms with Gasteiger partial charge in [-0.25, -0.2) is 9.18 Å². The van der Waals surface area contributed by atoms with E-state index in [2.05, 4.69) is 10.3 Å². The molecule has 0 saturated heterocycles. The summed E-state index contributed by atoms with van der Waals surface area (Å²) in [5.41, 5.74) is 1.39. The molecule has 1 heterocycles. The molecule has 2 aromatic rings. The van der Waals surface area contributed by atoms with E-state index >= 15 is 0 Å². The van der Waals surface area contributed by atoms with Crippen molar-refractivity contribution in [3.05, 3.63) is 35.8 Å². The number of benzene rings is 1. The number of nitrogens with one attached hydrogen (secondary N) is 2. The number of carbonyl (C=O) groups is 2. The van der Waals surface area contributed by atoms with Crippen LogP contribution in [0.1, 0.15) is 26.3 Å². The number of carbonyl (C=O) groups excluding carboxylic acids is 2. The third-order valence-electron chi connectivity index (χ3n) is 3.60. The van der Waals surface area contributed by atoms with Crippen molar-refractivity contribution in [3.8, 4) is 0 Å². The van der Waals surface area contributed by atoms with Crippen molar-refractivity contribution in [2.24, 2.45) is 5.92 Å². The maximum Gasteiger partial charge on any atom is 0.328 e. The van der Waals surface area contributed by atoms with Crippen molar-refractivity contribution < 1.29 is 18.7 Å². The van der Waals surface area contributed by atoms with E-state index in [9.17, 15) is 14.0 Å². The topological polar surface area (TPSA) is 71.2 Å². The molecular weight excluding hydrogens is 299 g/mol. The first-order chi connectivity index (χ1) is 10.9. The molecule has 1 unspecified atom stereocenters. The molecule has 0 aliphatic carbocycles. The van der Waals surface area contributed by atoms with Gasteiger partial charge in [-0.3, -0.25) is 4.79 Å². The van der Waals surface area contributed by atoms with Crippen LogP contribution in [0, 0.1) is 11.7 Å². The zero-order valence-corrected chi connectivity index (χ0v) is 13.5. The number of ether oxygens (including phenoxy) is 1. The Morgan fingerprint density at radius 3 is 2.74 bits per heavy atom. The van der Waals surface area contributed by atoms with E-state index < -0.39 is 12.0 Å². The molecule has 0 aliphatic rings. The van der Waals surface area contributed by atoms with E-state index in [1.165, 1.54) is 12.1 Å². The summed E-state index contributed by atoms with van der Waals surface area (Å²) in [6.07, 6.45) is 1.78. The largest absolute Gasteiger partial charge is 0.464 e. The molecule has 1 aromatic heterocycles. The highest BCUT2D eigenvalue weighted by Gasteiger charge is 2.25. The van der Waals surface area contributed by atoms with Crippen molar-refractivity contribution in [1.29, 1.82) is 0 Å². The van der Waals surface area contributed by atoms with E-state index in [0.29, 0.717) is 5.52 Å². The number of aromatic nitrogens is 1. The molecule has 0 radical (unpaired) electrons. The van der Waals surface area contributed by atoms with E-state index in [1.54, 1.807) is 19.2 Å². The third-order valence-corrected chi connectivity index (χ3v) is 3.60. The molecule has 2 rings (SSSR count). The number of amides is 1. The molecule has 0 spiro atoms. The fourth-order valence-corrected chi connectivity index (χ4v) is 2.43. The smallest absolute Gasteiger partial charge is 0.328 e. The lowest BCUT2D eigenvalue weighted by molar-refractivity contribution is -0.148. The highest BCUT2D eigenvalue weighted by atomic mass is 19.1. The van der Waals surface area contributed by atoms with Crippen LogP contribution < -0.4 is 5.32 Å². The van der Waals surface area contributed by atoms with E-state index in [0.717, 1.165) is 10.9 Å². The summed E-state index contributed by atoms with van der Waals surface area (Å²) in [5.74, 6) is -1.12. The number of hydrogen-bond donors (Lipinski definition) is 2. The number of aromatic amines is 1. The van der Waals surface area contributed by atoms with Gasteiger partial charge in [0, 0.05) is 17.1 Å². The lowest BCUT2D eigenvalue weighted by Crippen LogP contribution is -2.45. The summed E-state index contributed by atoms with van der Waals surface area (Å²) < 4.78 is 18.2. The second-order valence-electron chi connectivity index (χ2n) is 5.72. The minimum Gasteiger partial charge on any atom is -0.464 e. The van der Waals surface area contributed by atoms with Gasteiger partial charge in [0.25, 0.3) is 0 Å². The summed E-state index contributed by atoms with van der Waals surface area (Å²) >= 11 is 0. The molecule has 1 aromatic carbocycles. The van der Waals surface area contributed by atoms with Crippen LogP contribution >= 0.6 is 0 Å². The van der Waals surface area contributed by atoms with E-state index in [1.807, 2.05) is 13.8 Å². The molecule has 0 saturated carbocycles. The van der Waals surface area contributed by atoms with E-state index in [-0.39, 0.29) is 30.7 Å². The van der Waals surface area contributed by atoms with Crippen LogP contribution in [0.3, 0.4) is 0 Å². The van der Waals surface area contributed by atoms with Gasteiger partial charge in [-0.15, -0.1) is 0 Å². The van der Waals surface area contributed by atoms with Gasteiger partial charge in [0.15, 0.2) is 0 Å². The van der Waals surface area contributed by atoms with Gasteiger partial charge >= 0.3 is 5.97 Å². The number of esters is 1. The summed E-state index contributed by atoms with van der Waals surface area (Å²) in [5, 5.41) is 3.50. The molecule has 124 valence electrons. The SMILES string of the molecule is CCOC(=O)C(NC(=O)Cc1c[nH]c2cc(F)ccc12)C(C)C. The van der Waals surface area contributed by atoms with Gasteiger partial charge in [-0.1, -0.05) is 13.8 Å². The fourth-order valence-electron chi connectivity index (χ4n) is 2.43. The highest BCUT2D eigenvalue weighted by Crippen LogP contribution is 2.19. The van der Waals surface area contributed by atoms with Crippen LogP contribution in [-0.2, 0) is 20.7 Å². The Morgan fingerprint density at radius 1 is 1.35 bits per heavy atom. The van der Waals surface area contributed by atoms with Gasteiger partial charge in [-0.05, 0) is 36.6 Å². The van der Waals surface area contributed by atoms with Gasteiger partial charge in [0.1, 0.15) is 11.9 Å². The van der Waals surface area contributed by atoms with Crippen molar-refractivity contribution in [2.45, 2.75) is 33.2 Å². The Bertz CT molecular complexity index is 709. The lowest BCUT2D eigenvalue weighted by Gasteiger charge is -2.20. The Hall–Kier alpha value is -2.37. The Kier molecular flexibility index (Phi) is 5.36. The zero-order chi connectivity index (χ0) is 17.0. The van der Waals surface area contributed by atoms with Crippen LogP contribution in [0.2, 0.25) is 0 Å². The number of rotatable bonds is 6. The number of fused-ring (bicyclic) bond motifs is 1. The Morgan fingerprint density at radius 2 is 2.09 bits per heavy atom. The molecule has 0 fully saturated rings. The quantitative estimate of drug-likeness (QED) is 0.804. The van der Waals surface area contributed by atoms with Gasteiger partial charge in [0.2, 0.25) is 5.91 Å². The average Bonchev–Trinajstić information content (AvgIpc) is 2.86. The fraction of sp³-hybridized carbons (Fsp3) is 0.412. The zero-order valence-electron chi connectivity index (χ0n) is 13.5. The first-order valence-electron chi connectivity index (χ1n) is 7.64. The minimum absolute atomic E-state index is 0.0740. The highest BCUT2D eigenvalue weighted by molar-refractivity contribution is 5.90. The third kappa shape index (κ3) is 4.09. The van der Waals surface area contributed by atoms with Crippen molar-refractivity contribution >= 4 is 22.8 Å². The predicted octanol–water partition coefficient (Wildman–Crippen LogP) is 2.55. The number of halogens is 1. The molecular formula is C17H21FN2O3. The lowest BCUT2D eigenvalue weighted by atomic mass is 10.0. The normalized spacial score (nSPS) is 12.4. The molecule has 0 aliphatic heterocycles. The Balaban J connectivity index is 2.09. The minimum atomic E-state index is -0.676. The predicted molar refractivity (Wildman–Crippen MR) is 85.4 cm³/mol. The molecule has 23 heavy (non-hydrogen) atoms. The average molecular weight is 320 g/mol. The molecule has 2 N–H and O–H groups in total. The number of hydrogen-bond acceptors (Lipinski definition) is 3. The standard InChI is InChI=1S/C17H21FN2O3/c1-4-23-17(22)16(10(2)3)20-15(21)7-11-9-19-14-8-12(18)5-6-13(11)14/h5-6,8-10,16,19H,4,7H2,1-3H3,(H,20,21). The van der Waals surface area contributed by atoms with Gasteiger partial charge in [-0.2, -0.15) is 0 Å². The summed E-state index contributed by atoms with van der Waals surface area (Å²) in [6, 6.07) is 3.69. The van der Waals surface area contributed by atoms with Gasteiger partial charge < -0.3 is 15.0 Å². The molecule has 6 heteroatoms. The van der Waals surface area contributed by atoms with E-state index in [4.69, 9.17) is 4.74 Å². The van der Waals surface area contributed by atoms with Crippen LogP contribution in [0.4, 0.5) is 4.39 Å². The van der Waals surface area contributed by atoms with Gasteiger partial charge in [0.05, 0.1) is 13.0 Å². The van der Waals surface area contributed by atoms with Crippen LogP contribution in [0.25, 0.3) is 10.9 Å². The van der Waals surface area contributed by atoms with Crippen molar-refractivity contribution in [1.82, 2.24) is 10.3 Å². The second-order valence-corrected chi connectivity index (χ2v) is 5.72. The molecule has 1 amide bonds.